The van der Waals surface area contributed by atoms with Crippen molar-refractivity contribution in [1.82, 2.24) is 20.0 Å². The van der Waals surface area contributed by atoms with E-state index in [0.717, 1.165) is 61.9 Å². The predicted molar refractivity (Wildman–Crippen MR) is 107 cm³/mol. The molecular weight excluding hydrogens is 344 g/mol. The molecule has 2 heterocycles. The molecule has 8 nitrogen and oxygen atoms in total. The van der Waals surface area contributed by atoms with Crippen molar-refractivity contribution in [1.29, 1.82) is 0 Å². The van der Waals surface area contributed by atoms with Gasteiger partial charge in [0.05, 0.1) is 25.4 Å². The number of ether oxygens (including phenoxy) is 1. The molecule has 3 N–H and O–H groups in total. The van der Waals surface area contributed by atoms with Gasteiger partial charge in [-0.3, -0.25) is 9.48 Å². The van der Waals surface area contributed by atoms with E-state index in [1.54, 1.807) is 7.11 Å². The minimum Gasteiger partial charge on any atom is -0.383 e. The highest BCUT2D eigenvalue weighted by Crippen LogP contribution is 2.20. The van der Waals surface area contributed by atoms with Gasteiger partial charge in [-0.2, -0.15) is 5.10 Å². The summed E-state index contributed by atoms with van der Waals surface area (Å²) in [6.07, 6.45) is 2.54. The smallest absolute Gasteiger partial charge is 0.217 e. The van der Waals surface area contributed by atoms with Crippen LogP contribution in [0.5, 0.6) is 0 Å². The van der Waals surface area contributed by atoms with Crippen LogP contribution in [0.4, 0.5) is 0 Å². The lowest BCUT2D eigenvalue weighted by Gasteiger charge is -2.34. The van der Waals surface area contributed by atoms with Gasteiger partial charge in [0.25, 0.3) is 0 Å². The number of likely N-dealkylation sites (tertiary alicyclic amines) is 1. The Morgan fingerprint density at radius 3 is 2.89 bits per heavy atom. The van der Waals surface area contributed by atoms with Gasteiger partial charge in [0, 0.05) is 44.4 Å². The van der Waals surface area contributed by atoms with E-state index in [9.17, 15) is 4.79 Å². The summed E-state index contributed by atoms with van der Waals surface area (Å²) in [5, 5.41) is 8.00. The summed E-state index contributed by atoms with van der Waals surface area (Å²) in [6, 6.07) is 0. The zero-order chi connectivity index (χ0) is 19.8. The first-order chi connectivity index (χ1) is 13.0. The van der Waals surface area contributed by atoms with Gasteiger partial charge in [-0.05, 0) is 39.5 Å². The second kappa shape index (κ2) is 10.3. The molecule has 2 rings (SSSR count). The van der Waals surface area contributed by atoms with Gasteiger partial charge in [0.15, 0.2) is 5.96 Å². The summed E-state index contributed by atoms with van der Waals surface area (Å²) in [4.78, 5) is 18.4. The van der Waals surface area contributed by atoms with Gasteiger partial charge >= 0.3 is 0 Å². The summed E-state index contributed by atoms with van der Waals surface area (Å²) in [5.41, 5.74) is 8.69. The minimum atomic E-state index is -0.224. The molecule has 0 saturated carbocycles. The Morgan fingerprint density at radius 2 is 2.22 bits per heavy atom. The molecule has 1 aliphatic heterocycles. The summed E-state index contributed by atoms with van der Waals surface area (Å²) in [7, 11) is 1.70. The number of nitrogens with one attached hydrogen (secondary N) is 1. The fourth-order valence-corrected chi connectivity index (χ4v) is 3.65. The van der Waals surface area contributed by atoms with Crippen LogP contribution in [0, 0.1) is 19.8 Å². The second-order valence-electron chi connectivity index (χ2n) is 7.16. The van der Waals surface area contributed by atoms with E-state index in [0.29, 0.717) is 25.5 Å². The van der Waals surface area contributed by atoms with Crippen molar-refractivity contribution in [2.45, 2.75) is 53.1 Å². The molecule has 8 heteroatoms. The molecule has 1 aliphatic rings. The Balaban J connectivity index is 2.11. The molecule has 0 aromatic carbocycles. The molecule has 0 bridgehead atoms. The number of hydrogen-bond donors (Lipinski definition) is 2. The summed E-state index contributed by atoms with van der Waals surface area (Å²) in [6.45, 7) is 10.7. The SMILES string of the molecule is CCNC(=NCc1c(C)nn(CCOC)c1C)N1CCCC(CC(N)=O)C1. The molecule has 1 fully saturated rings. The van der Waals surface area contributed by atoms with Gasteiger partial charge in [-0.25, -0.2) is 4.99 Å². The van der Waals surface area contributed by atoms with Gasteiger partial charge in [0.1, 0.15) is 0 Å². The van der Waals surface area contributed by atoms with Crippen LogP contribution in [-0.2, 0) is 22.6 Å². The van der Waals surface area contributed by atoms with Crippen molar-refractivity contribution in [3.05, 3.63) is 17.0 Å². The third-order valence-corrected chi connectivity index (χ3v) is 5.07. The maximum atomic E-state index is 11.3. The number of aromatic nitrogens is 2. The van der Waals surface area contributed by atoms with E-state index < -0.39 is 0 Å². The van der Waals surface area contributed by atoms with Crippen LogP contribution in [0.3, 0.4) is 0 Å². The van der Waals surface area contributed by atoms with Crippen molar-refractivity contribution in [2.24, 2.45) is 16.6 Å². The number of primary amides is 1. The van der Waals surface area contributed by atoms with Crippen LogP contribution < -0.4 is 11.1 Å². The Kier molecular flexibility index (Phi) is 8.09. The third kappa shape index (κ3) is 5.95. The van der Waals surface area contributed by atoms with Crippen LogP contribution in [0.15, 0.2) is 4.99 Å². The molecule has 1 amide bonds. The number of carbonyl (C=O) groups is 1. The van der Waals surface area contributed by atoms with Crippen molar-refractivity contribution in [3.63, 3.8) is 0 Å². The fourth-order valence-electron chi connectivity index (χ4n) is 3.65. The lowest BCUT2D eigenvalue weighted by Crippen LogP contribution is -2.47. The fraction of sp³-hybridized carbons (Fsp3) is 0.737. The first kappa shape index (κ1) is 21.2. The van der Waals surface area contributed by atoms with E-state index in [1.165, 1.54) is 0 Å². The first-order valence-electron chi connectivity index (χ1n) is 9.79. The number of carbonyl (C=O) groups excluding carboxylic acids is 1. The van der Waals surface area contributed by atoms with Gasteiger partial charge in [0.2, 0.25) is 5.91 Å². The van der Waals surface area contributed by atoms with Crippen LogP contribution >= 0.6 is 0 Å². The maximum absolute atomic E-state index is 11.3. The molecule has 1 atom stereocenters. The van der Waals surface area contributed by atoms with Gasteiger partial charge in [-0.15, -0.1) is 0 Å². The van der Waals surface area contributed by atoms with E-state index >= 15 is 0 Å². The Morgan fingerprint density at radius 1 is 1.44 bits per heavy atom. The van der Waals surface area contributed by atoms with Crippen LogP contribution in [0.25, 0.3) is 0 Å². The van der Waals surface area contributed by atoms with Crippen LogP contribution in [0.2, 0.25) is 0 Å². The number of aliphatic imine (C=N–C) groups is 1. The minimum absolute atomic E-state index is 0.224. The number of methoxy groups -OCH3 is 1. The van der Waals surface area contributed by atoms with Crippen molar-refractivity contribution < 1.29 is 9.53 Å². The number of hydrogen-bond acceptors (Lipinski definition) is 4. The number of amides is 1. The summed E-state index contributed by atoms with van der Waals surface area (Å²) < 4.78 is 7.15. The molecule has 1 aromatic heterocycles. The van der Waals surface area contributed by atoms with E-state index in [4.69, 9.17) is 15.5 Å². The van der Waals surface area contributed by atoms with Gasteiger partial charge in [-0.1, -0.05) is 0 Å². The monoisotopic (exact) mass is 378 g/mol. The van der Waals surface area contributed by atoms with Crippen molar-refractivity contribution in [3.8, 4) is 0 Å². The Labute approximate surface area is 162 Å². The average Bonchev–Trinajstić information content (AvgIpc) is 2.90. The number of rotatable bonds is 8. The predicted octanol–water partition coefficient (Wildman–Crippen LogP) is 1.20. The highest BCUT2D eigenvalue weighted by Gasteiger charge is 2.23. The molecular formula is C19H34N6O2. The Bertz CT molecular complexity index is 655. The number of piperidine rings is 1. The van der Waals surface area contributed by atoms with E-state index in [2.05, 4.69) is 29.2 Å². The zero-order valence-corrected chi connectivity index (χ0v) is 17.1. The largest absolute Gasteiger partial charge is 0.383 e. The van der Waals surface area contributed by atoms with Gasteiger partial charge < -0.3 is 20.7 Å². The Hall–Kier alpha value is -2.09. The normalized spacial score (nSPS) is 18.0. The third-order valence-electron chi connectivity index (χ3n) is 5.07. The lowest BCUT2D eigenvalue weighted by molar-refractivity contribution is -0.119. The van der Waals surface area contributed by atoms with Crippen molar-refractivity contribution in [2.75, 3.05) is 33.4 Å². The van der Waals surface area contributed by atoms with Crippen LogP contribution in [0.1, 0.15) is 43.1 Å². The molecule has 0 spiro atoms. The number of nitrogens with zero attached hydrogens (tertiary/aromatic N) is 4. The van der Waals surface area contributed by atoms with E-state index in [-0.39, 0.29) is 5.91 Å². The molecule has 0 aliphatic carbocycles. The topological polar surface area (TPSA) is 97.8 Å². The van der Waals surface area contributed by atoms with Crippen LogP contribution in [-0.4, -0.2) is 59.9 Å². The number of nitrogens with two attached hydrogens (primary N) is 1. The zero-order valence-electron chi connectivity index (χ0n) is 17.1. The standard InChI is InChI=1S/C19H34N6O2/c1-5-21-19(24-8-6-7-16(13-24)11-18(20)26)22-12-17-14(2)23-25(15(17)3)9-10-27-4/h16H,5-13H2,1-4H3,(H2,20,26)(H,21,22). The highest BCUT2D eigenvalue weighted by molar-refractivity contribution is 5.80. The molecule has 27 heavy (non-hydrogen) atoms. The van der Waals surface area contributed by atoms with Crippen molar-refractivity contribution >= 4 is 11.9 Å². The lowest BCUT2D eigenvalue weighted by atomic mass is 9.95. The number of aryl methyl sites for hydroxylation is 1. The maximum Gasteiger partial charge on any atom is 0.217 e. The molecule has 152 valence electrons. The molecule has 0 radical (unpaired) electrons. The molecule has 1 saturated heterocycles. The summed E-state index contributed by atoms with van der Waals surface area (Å²) >= 11 is 0. The number of guanidine groups is 1. The second-order valence-corrected chi connectivity index (χ2v) is 7.16. The highest BCUT2D eigenvalue weighted by atomic mass is 16.5. The first-order valence-corrected chi connectivity index (χ1v) is 9.79. The molecule has 1 aromatic rings. The quantitative estimate of drug-likeness (QED) is 0.523. The van der Waals surface area contributed by atoms with E-state index in [1.807, 2.05) is 11.6 Å². The molecule has 1 unspecified atom stereocenters. The summed E-state index contributed by atoms with van der Waals surface area (Å²) in [5.74, 6) is 0.981. The average molecular weight is 379 g/mol.